The van der Waals surface area contributed by atoms with Crippen LogP contribution in [0.15, 0.2) is 41.2 Å². The second-order valence-corrected chi connectivity index (χ2v) is 7.14. The number of ether oxygens (including phenoxy) is 1. The number of hydrogen-bond donors (Lipinski definition) is 0. The molecule has 0 atom stereocenters. The van der Waals surface area contributed by atoms with Crippen LogP contribution in [0.25, 0.3) is 19.3 Å². The molecule has 0 saturated carbocycles. The van der Waals surface area contributed by atoms with Crippen LogP contribution in [0.5, 0.6) is 5.75 Å². The van der Waals surface area contributed by atoms with Crippen LogP contribution in [0.3, 0.4) is 0 Å². The average Bonchev–Trinajstić information content (AvgIpc) is 2.46. The summed E-state index contributed by atoms with van der Waals surface area (Å²) in [7, 11) is 5.67. The Morgan fingerprint density at radius 1 is 1.00 bits per heavy atom. The zero-order valence-electron chi connectivity index (χ0n) is 11.6. The molecule has 0 aliphatic carbocycles. The van der Waals surface area contributed by atoms with Gasteiger partial charge in [0, 0.05) is 0 Å². The minimum absolute atomic E-state index is 0.121. The van der Waals surface area contributed by atoms with E-state index in [0.29, 0.717) is 0 Å². The van der Waals surface area contributed by atoms with Gasteiger partial charge in [-0.25, -0.2) is 0 Å². The van der Waals surface area contributed by atoms with Gasteiger partial charge in [0.05, 0.1) is 0 Å². The third-order valence-corrected chi connectivity index (χ3v) is 5.72. The first-order valence-corrected chi connectivity index (χ1v) is 8.03. The molecule has 0 aliphatic heterocycles. The summed E-state index contributed by atoms with van der Waals surface area (Å²) in [6.45, 7) is 0. The van der Waals surface area contributed by atoms with Crippen molar-refractivity contribution in [3.05, 3.63) is 46.6 Å². The van der Waals surface area contributed by atoms with Crippen LogP contribution >= 0.6 is 0 Å². The number of benzene rings is 2. The van der Waals surface area contributed by atoms with Crippen LogP contribution < -0.4 is 15.1 Å². The van der Waals surface area contributed by atoms with Gasteiger partial charge >= 0.3 is 123 Å². The van der Waals surface area contributed by atoms with Crippen molar-refractivity contribution in [2.24, 2.45) is 0 Å². The molecular weight excluding hydrogens is 317 g/mol. The van der Waals surface area contributed by atoms with Crippen molar-refractivity contribution in [2.45, 2.75) is 0 Å². The van der Waals surface area contributed by atoms with E-state index in [1.165, 1.54) is 0 Å². The summed E-state index contributed by atoms with van der Waals surface area (Å²) in [5, 5.41) is 1.66. The fourth-order valence-electron chi connectivity index (χ4n) is 2.23. The molecule has 102 valence electrons. The standard InChI is InChI=1S/C16H15NO2Se/c1-17(2)10-4-6-12-14(8-10)20-15-9-11(19-3)5-7-13(15)16(12)18/h4-9H,1-3H3. The van der Waals surface area contributed by atoms with E-state index in [0.717, 1.165) is 30.7 Å². The van der Waals surface area contributed by atoms with Gasteiger partial charge in [-0.2, -0.15) is 0 Å². The Labute approximate surface area is 123 Å². The monoisotopic (exact) mass is 333 g/mol. The minimum atomic E-state index is 0.121. The van der Waals surface area contributed by atoms with E-state index in [2.05, 4.69) is 11.0 Å². The number of methoxy groups -OCH3 is 1. The van der Waals surface area contributed by atoms with Crippen LogP contribution in [0.4, 0.5) is 5.69 Å². The zero-order valence-corrected chi connectivity index (χ0v) is 13.3. The molecule has 2 aromatic carbocycles. The Kier molecular flexibility index (Phi) is 3.28. The molecule has 3 nitrogen and oxygen atoms in total. The molecule has 1 heterocycles. The van der Waals surface area contributed by atoms with E-state index in [4.69, 9.17) is 4.74 Å². The number of rotatable bonds is 2. The maximum absolute atomic E-state index is 12.5. The van der Waals surface area contributed by atoms with Crippen LogP contribution in [0.2, 0.25) is 0 Å². The zero-order chi connectivity index (χ0) is 14.3. The fourth-order valence-corrected chi connectivity index (χ4v) is 4.60. The molecule has 3 rings (SSSR count). The van der Waals surface area contributed by atoms with Crippen molar-refractivity contribution in [3.8, 4) is 5.75 Å². The number of anilines is 1. The molecule has 3 aromatic rings. The summed E-state index contributed by atoms with van der Waals surface area (Å²) in [4.78, 5) is 14.6. The van der Waals surface area contributed by atoms with Gasteiger partial charge in [0.25, 0.3) is 0 Å². The normalized spacial score (nSPS) is 10.9. The Bertz CT molecular complexity index is 852. The molecule has 1 aromatic heterocycles. The second-order valence-electron chi connectivity index (χ2n) is 4.87. The van der Waals surface area contributed by atoms with Crippen LogP contribution in [-0.2, 0) is 0 Å². The summed E-state index contributed by atoms with van der Waals surface area (Å²) < 4.78 is 7.51. The van der Waals surface area contributed by atoms with Crippen LogP contribution in [0, 0.1) is 0 Å². The molecule has 0 fully saturated rings. The predicted octanol–water partition coefficient (Wildman–Crippen LogP) is 2.48. The SMILES string of the molecule is COc1ccc2c(=O)c3ccc(N(C)C)cc3[se]c2c1. The maximum atomic E-state index is 12.5. The summed E-state index contributed by atoms with van der Waals surface area (Å²) in [5.41, 5.74) is 1.25. The van der Waals surface area contributed by atoms with E-state index in [1.807, 2.05) is 44.4 Å². The van der Waals surface area contributed by atoms with Crippen molar-refractivity contribution in [1.29, 1.82) is 0 Å². The first-order valence-electron chi connectivity index (χ1n) is 6.32. The summed E-state index contributed by atoms with van der Waals surface area (Å²) in [5.74, 6) is 0.811. The summed E-state index contributed by atoms with van der Waals surface area (Å²) in [6, 6.07) is 11.8. The van der Waals surface area contributed by atoms with Gasteiger partial charge in [0.1, 0.15) is 0 Å². The molecule has 0 aliphatic rings. The molecule has 20 heavy (non-hydrogen) atoms. The van der Waals surface area contributed by atoms with E-state index in [-0.39, 0.29) is 19.9 Å². The van der Waals surface area contributed by atoms with Gasteiger partial charge in [-0.3, -0.25) is 0 Å². The van der Waals surface area contributed by atoms with E-state index in [1.54, 1.807) is 7.11 Å². The van der Waals surface area contributed by atoms with Crippen LogP contribution in [-0.4, -0.2) is 35.7 Å². The van der Waals surface area contributed by atoms with Crippen molar-refractivity contribution in [3.63, 3.8) is 0 Å². The Balaban J connectivity index is 2.38. The fraction of sp³-hybridized carbons (Fsp3) is 0.188. The molecule has 0 saturated heterocycles. The van der Waals surface area contributed by atoms with Crippen molar-refractivity contribution >= 4 is 39.5 Å². The Morgan fingerprint density at radius 2 is 1.65 bits per heavy atom. The Morgan fingerprint density at radius 3 is 2.30 bits per heavy atom. The van der Waals surface area contributed by atoms with Gasteiger partial charge in [-0.1, -0.05) is 0 Å². The van der Waals surface area contributed by atoms with Gasteiger partial charge < -0.3 is 0 Å². The van der Waals surface area contributed by atoms with E-state index in [9.17, 15) is 4.79 Å². The number of hydrogen-bond acceptors (Lipinski definition) is 3. The second kappa shape index (κ2) is 4.97. The molecular formula is C16H15NO2Se. The molecule has 0 bridgehead atoms. The average molecular weight is 332 g/mol. The third kappa shape index (κ3) is 2.11. The van der Waals surface area contributed by atoms with Crippen molar-refractivity contribution < 1.29 is 4.74 Å². The Hall–Kier alpha value is -1.77. The molecule has 0 spiro atoms. The van der Waals surface area contributed by atoms with E-state index >= 15 is 0 Å². The van der Waals surface area contributed by atoms with Gasteiger partial charge in [0.2, 0.25) is 0 Å². The first-order chi connectivity index (χ1) is 9.60. The summed E-state index contributed by atoms with van der Waals surface area (Å²) >= 11 is 0.138. The predicted molar refractivity (Wildman–Crippen MR) is 85.5 cm³/mol. The molecule has 0 N–H and O–H groups in total. The first kappa shape index (κ1) is 13.2. The van der Waals surface area contributed by atoms with Gasteiger partial charge in [-0.05, 0) is 0 Å². The van der Waals surface area contributed by atoms with Crippen molar-refractivity contribution in [1.82, 2.24) is 0 Å². The molecule has 0 radical (unpaired) electrons. The van der Waals surface area contributed by atoms with Gasteiger partial charge in [0.15, 0.2) is 0 Å². The van der Waals surface area contributed by atoms with Gasteiger partial charge in [-0.15, -0.1) is 0 Å². The molecule has 4 heteroatoms. The van der Waals surface area contributed by atoms with Crippen LogP contribution in [0.1, 0.15) is 0 Å². The number of fused-ring (bicyclic) bond motifs is 2. The van der Waals surface area contributed by atoms with E-state index < -0.39 is 0 Å². The summed E-state index contributed by atoms with van der Waals surface area (Å²) in [6.07, 6.45) is 0. The van der Waals surface area contributed by atoms with Crippen molar-refractivity contribution in [2.75, 3.05) is 26.1 Å². The third-order valence-electron chi connectivity index (χ3n) is 3.38. The quantitative estimate of drug-likeness (QED) is 0.533. The topological polar surface area (TPSA) is 29.5 Å². The number of nitrogens with zero attached hydrogens (tertiary/aromatic N) is 1. The molecule has 0 unspecified atom stereocenters. The molecule has 0 amide bonds.